The summed E-state index contributed by atoms with van der Waals surface area (Å²) >= 11 is 1.82. The number of piperazine rings is 1. The minimum atomic E-state index is 0.324. The number of rotatable bonds is 4. The van der Waals surface area contributed by atoms with Crippen LogP contribution in [0.3, 0.4) is 0 Å². The molecule has 0 aromatic carbocycles. The summed E-state index contributed by atoms with van der Waals surface area (Å²) in [6.45, 7) is 11.1. The molecule has 0 saturated carbocycles. The van der Waals surface area contributed by atoms with Crippen molar-refractivity contribution in [1.29, 1.82) is 0 Å². The third-order valence-electron chi connectivity index (χ3n) is 3.84. The van der Waals surface area contributed by atoms with Gasteiger partial charge in [0.15, 0.2) is 0 Å². The van der Waals surface area contributed by atoms with Crippen LogP contribution in [0.1, 0.15) is 36.6 Å². The second-order valence-corrected chi connectivity index (χ2v) is 6.31. The molecule has 1 aromatic heterocycles. The van der Waals surface area contributed by atoms with Crippen molar-refractivity contribution in [3.63, 3.8) is 0 Å². The van der Waals surface area contributed by atoms with Gasteiger partial charge in [0.05, 0.1) is 6.54 Å². The Kier molecular flexibility index (Phi) is 4.17. The molecular formula is C13H23N3S. The molecule has 1 aromatic rings. The highest BCUT2D eigenvalue weighted by Crippen LogP contribution is 2.22. The van der Waals surface area contributed by atoms with Crippen molar-refractivity contribution in [2.45, 2.75) is 45.7 Å². The van der Waals surface area contributed by atoms with E-state index in [9.17, 15) is 0 Å². The zero-order chi connectivity index (χ0) is 12.3. The van der Waals surface area contributed by atoms with Crippen molar-refractivity contribution >= 4 is 11.3 Å². The van der Waals surface area contributed by atoms with Gasteiger partial charge in [0, 0.05) is 36.2 Å². The van der Waals surface area contributed by atoms with E-state index in [4.69, 9.17) is 0 Å². The SMILES string of the molecule is CCC1(CC)CN(Cc2ncc(C)s2)CCN1. The summed E-state index contributed by atoms with van der Waals surface area (Å²) in [5.41, 5.74) is 0.324. The largest absolute Gasteiger partial charge is 0.309 e. The third-order valence-corrected chi connectivity index (χ3v) is 4.73. The number of nitrogens with one attached hydrogen (secondary N) is 1. The Morgan fingerprint density at radius 3 is 2.82 bits per heavy atom. The lowest BCUT2D eigenvalue weighted by atomic mass is 9.90. The lowest BCUT2D eigenvalue weighted by Gasteiger charge is -2.42. The Labute approximate surface area is 108 Å². The van der Waals surface area contributed by atoms with Gasteiger partial charge in [-0.15, -0.1) is 11.3 Å². The van der Waals surface area contributed by atoms with Gasteiger partial charge < -0.3 is 5.32 Å². The average Bonchev–Trinajstić information content (AvgIpc) is 2.75. The summed E-state index contributed by atoms with van der Waals surface area (Å²) in [5.74, 6) is 0. The normalized spacial score (nSPS) is 20.6. The Hall–Kier alpha value is -0.450. The molecule has 1 N–H and O–H groups in total. The lowest BCUT2D eigenvalue weighted by molar-refractivity contribution is 0.118. The van der Waals surface area contributed by atoms with Gasteiger partial charge in [-0.05, 0) is 19.8 Å². The summed E-state index contributed by atoms with van der Waals surface area (Å²) in [5, 5.41) is 4.95. The summed E-state index contributed by atoms with van der Waals surface area (Å²) in [6.07, 6.45) is 4.39. The van der Waals surface area contributed by atoms with E-state index in [0.29, 0.717) is 5.54 Å². The first-order valence-electron chi connectivity index (χ1n) is 6.56. The predicted octanol–water partition coefficient (Wildman–Crippen LogP) is 2.42. The van der Waals surface area contributed by atoms with E-state index in [1.807, 2.05) is 17.5 Å². The molecule has 0 aliphatic carbocycles. The van der Waals surface area contributed by atoms with Gasteiger partial charge in [0.2, 0.25) is 0 Å². The summed E-state index contributed by atoms with van der Waals surface area (Å²) in [6, 6.07) is 0. The summed E-state index contributed by atoms with van der Waals surface area (Å²) in [4.78, 5) is 8.32. The van der Waals surface area contributed by atoms with E-state index in [2.05, 4.69) is 36.0 Å². The molecule has 96 valence electrons. The first-order chi connectivity index (χ1) is 8.17. The minimum Gasteiger partial charge on any atom is -0.309 e. The van der Waals surface area contributed by atoms with Crippen LogP contribution in [-0.4, -0.2) is 35.1 Å². The van der Waals surface area contributed by atoms with Gasteiger partial charge in [-0.3, -0.25) is 4.90 Å². The molecule has 0 spiro atoms. The fraction of sp³-hybridized carbons (Fsp3) is 0.769. The van der Waals surface area contributed by atoms with Crippen molar-refractivity contribution in [3.05, 3.63) is 16.1 Å². The fourth-order valence-electron chi connectivity index (χ4n) is 2.57. The van der Waals surface area contributed by atoms with E-state index >= 15 is 0 Å². The second kappa shape index (κ2) is 5.46. The van der Waals surface area contributed by atoms with Crippen LogP contribution in [0.5, 0.6) is 0 Å². The van der Waals surface area contributed by atoms with Crippen molar-refractivity contribution in [1.82, 2.24) is 15.2 Å². The fourth-order valence-corrected chi connectivity index (χ4v) is 3.40. The Balaban J connectivity index is 1.98. The molecule has 17 heavy (non-hydrogen) atoms. The van der Waals surface area contributed by atoms with Crippen LogP contribution < -0.4 is 5.32 Å². The number of hydrogen-bond donors (Lipinski definition) is 1. The number of nitrogens with zero attached hydrogens (tertiary/aromatic N) is 2. The summed E-state index contributed by atoms with van der Waals surface area (Å²) in [7, 11) is 0. The predicted molar refractivity (Wildman–Crippen MR) is 73.4 cm³/mol. The van der Waals surface area contributed by atoms with Crippen molar-refractivity contribution in [2.24, 2.45) is 0 Å². The molecule has 1 aliphatic heterocycles. The molecule has 0 radical (unpaired) electrons. The zero-order valence-corrected chi connectivity index (χ0v) is 11.9. The molecule has 0 unspecified atom stereocenters. The van der Waals surface area contributed by atoms with Gasteiger partial charge >= 0.3 is 0 Å². The van der Waals surface area contributed by atoms with Gasteiger partial charge in [0.25, 0.3) is 0 Å². The Bertz CT molecular complexity index is 357. The molecule has 1 fully saturated rings. The molecule has 0 amide bonds. The Morgan fingerprint density at radius 2 is 2.24 bits per heavy atom. The van der Waals surface area contributed by atoms with Crippen LogP contribution in [0.4, 0.5) is 0 Å². The number of thiazole rings is 1. The van der Waals surface area contributed by atoms with Crippen molar-refractivity contribution in [2.75, 3.05) is 19.6 Å². The van der Waals surface area contributed by atoms with Crippen LogP contribution in [0.25, 0.3) is 0 Å². The Morgan fingerprint density at radius 1 is 1.47 bits per heavy atom. The van der Waals surface area contributed by atoms with Crippen LogP contribution in [0, 0.1) is 6.92 Å². The standard InChI is InChI=1S/C13H23N3S/c1-4-13(5-2)10-16(7-6-15-13)9-12-14-8-11(3)17-12/h8,15H,4-7,9-10H2,1-3H3. The molecule has 2 heterocycles. The highest BCUT2D eigenvalue weighted by atomic mass is 32.1. The molecule has 1 aliphatic rings. The highest BCUT2D eigenvalue weighted by Gasteiger charge is 2.31. The number of hydrogen-bond acceptors (Lipinski definition) is 4. The molecule has 2 rings (SSSR count). The second-order valence-electron chi connectivity index (χ2n) is 4.99. The van der Waals surface area contributed by atoms with E-state index in [0.717, 1.165) is 26.2 Å². The molecule has 1 saturated heterocycles. The minimum absolute atomic E-state index is 0.324. The number of aromatic nitrogens is 1. The van der Waals surface area contributed by atoms with Gasteiger partial charge in [-0.1, -0.05) is 13.8 Å². The summed E-state index contributed by atoms with van der Waals surface area (Å²) < 4.78 is 0. The van der Waals surface area contributed by atoms with Gasteiger partial charge in [-0.2, -0.15) is 0 Å². The van der Waals surface area contributed by atoms with E-state index in [1.165, 1.54) is 22.7 Å². The first kappa shape index (κ1) is 13.0. The lowest BCUT2D eigenvalue weighted by Crippen LogP contribution is -2.59. The molecular weight excluding hydrogens is 230 g/mol. The first-order valence-corrected chi connectivity index (χ1v) is 7.38. The average molecular weight is 253 g/mol. The van der Waals surface area contributed by atoms with E-state index in [-0.39, 0.29) is 0 Å². The maximum absolute atomic E-state index is 4.47. The van der Waals surface area contributed by atoms with Crippen molar-refractivity contribution in [3.8, 4) is 0 Å². The highest BCUT2D eigenvalue weighted by molar-refractivity contribution is 7.11. The quantitative estimate of drug-likeness (QED) is 0.893. The molecule has 0 atom stereocenters. The van der Waals surface area contributed by atoms with Gasteiger partial charge in [-0.25, -0.2) is 4.98 Å². The van der Waals surface area contributed by atoms with Gasteiger partial charge in [0.1, 0.15) is 5.01 Å². The topological polar surface area (TPSA) is 28.2 Å². The maximum atomic E-state index is 4.47. The van der Waals surface area contributed by atoms with Crippen LogP contribution in [-0.2, 0) is 6.54 Å². The smallest absolute Gasteiger partial charge is 0.107 e. The molecule has 4 heteroatoms. The van der Waals surface area contributed by atoms with Crippen LogP contribution in [0.2, 0.25) is 0 Å². The monoisotopic (exact) mass is 253 g/mol. The zero-order valence-electron chi connectivity index (χ0n) is 11.1. The van der Waals surface area contributed by atoms with Crippen LogP contribution >= 0.6 is 11.3 Å². The number of aryl methyl sites for hydroxylation is 1. The van der Waals surface area contributed by atoms with E-state index in [1.54, 1.807) is 0 Å². The van der Waals surface area contributed by atoms with Crippen LogP contribution in [0.15, 0.2) is 6.20 Å². The van der Waals surface area contributed by atoms with E-state index < -0.39 is 0 Å². The van der Waals surface area contributed by atoms with Crippen molar-refractivity contribution < 1.29 is 0 Å². The molecule has 3 nitrogen and oxygen atoms in total. The molecule has 0 bridgehead atoms. The third kappa shape index (κ3) is 3.06. The maximum Gasteiger partial charge on any atom is 0.107 e.